The van der Waals surface area contributed by atoms with Gasteiger partial charge < -0.3 is 16.4 Å². The molecule has 1 fully saturated rings. The minimum atomic E-state index is -0.381. The maximum absolute atomic E-state index is 12.8. The second-order valence-corrected chi connectivity index (χ2v) is 5.67. The molecule has 2 rings (SSSR count). The molecule has 0 aromatic heterocycles. The number of hydrogen-bond acceptors (Lipinski definition) is 3. The van der Waals surface area contributed by atoms with E-state index < -0.39 is 0 Å². The summed E-state index contributed by atoms with van der Waals surface area (Å²) in [5.41, 5.74) is 6.33. The van der Waals surface area contributed by atoms with Crippen LogP contribution in [0.5, 0.6) is 0 Å². The fraction of sp³-hybridized carbons (Fsp3) is 0.500. The maximum Gasteiger partial charge on any atom is 0.251 e. The third kappa shape index (κ3) is 4.80. The molecule has 0 spiro atoms. The van der Waals surface area contributed by atoms with Crippen LogP contribution in [0.25, 0.3) is 0 Å². The largest absolute Gasteiger partial charge is 0.354 e. The van der Waals surface area contributed by atoms with Gasteiger partial charge in [0.1, 0.15) is 5.82 Å². The lowest BCUT2D eigenvalue weighted by Crippen LogP contribution is -2.36. The van der Waals surface area contributed by atoms with Crippen molar-refractivity contribution in [2.45, 2.75) is 31.7 Å². The van der Waals surface area contributed by atoms with Crippen LogP contribution < -0.4 is 16.4 Å². The van der Waals surface area contributed by atoms with E-state index in [1.165, 1.54) is 24.3 Å². The summed E-state index contributed by atoms with van der Waals surface area (Å²) in [5.74, 6) is -0.423. The number of carbonyl (C=O) groups is 2. The number of amides is 2. The Morgan fingerprint density at radius 3 is 2.45 bits per heavy atom. The quantitative estimate of drug-likeness (QED) is 0.690. The summed E-state index contributed by atoms with van der Waals surface area (Å²) in [6.07, 6.45) is 3.54. The van der Waals surface area contributed by atoms with Crippen LogP contribution in [0.1, 0.15) is 36.0 Å². The van der Waals surface area contributed by atoms with Gasteiger partial charge >= 0.3 is 0 Å². The van der Waals surface area contributed by atoms with Crippen molar-refractivity contribution < 1.29 is 14.0 Å². The first-order valence-electron chi connectivity index (χ1n) is 7.62. The zero-order valence-electron chi connectivity index (χ0n) is 12.5. The van der Waals surface area contributed by atoms with E-state index in [0.29, 0.717) is 25.1 Å². The van der Waals surface area contributed by atoms with Crippen molar-refractivity contribution in [2.75, 3.05) is 13.1 Å². The van der Waals surface area contributed by atoms with E-state index >= 15 is 0 Å². The Balaban J connectivity index is 1.63. The molecule has 0 unspecified atom stereocenters. The minimum absolute atomic E-state index is 0.0293. The van der Waals surface area contributed by atoms with Crippen LogP contribution in [-0.4, -0.2) is 30.9 Å². The zero-order chi connectivity index (χ0) is 15.9. The Morgan fingerprint density at radius 2 is 1.82 bits per heavy atom. The molecule has 6 heteroatoms. The Labute approximate surface area is 129 Å². The topological polar surface area (TPSA) is 84.2 Å². The number of benzene rings is 1. The fourth-order valence-corrected chi connectivity index (χ4v) is 2.71. The van der Waals surface area contributed by atoms with Crippen LogP contribution in [0.4, 0.5) is 4.39 Å². The van der Waals surface area contributed by atoms with Crippen molar-refractivity contribution in [2.24, 2.45) is 11.7 Å². The maximum atomic E-state index is 12.8. The highest BCUT2D eigenvalue weighted by atomic mass is 19.1. The smallest absolute Gasteiger partial charge is 0.251 e. The molecule has 2 atom stereocenters. The van der Waals surface area contributed by atoms with Crippen molar-refractivity contribution in [1.82, 2.24) is 10.6 Å². The van der Waals surface area contributed by atoms with Crippen LogP contribution in [-0.2, 0) is 4.79 Å². The normalized spacial score (nSPS) is 20.6. The lowest BCUT2D eigenvalue weighted by atomic mass is 10.00. The van der Waals surface area contributed by atoms with E-state index in [9.17, 15) is 14.0 Å². The van der Waals surface area contributed by atoms with Gasteiger partial charge in [-0.25, -0.2) is 4.39 Å². The molecular weight excluding hydrogens is 285 g/mol. The van der Waals surface area contributed by atoms with Crippen molar-refractivity contribution >= 4 is 11.8 Å². The number of nitrogens with one attached hydrogen (secondary N) is 2. The Kier molecular flexibility index (Phi) is 5.89. The van der Waals surface area contributed by atoms with Gasteiger partial charge in [0, 0.05) is 31.1 Å². The summed E-state index contributed by atoms with van der Waals surface area (Å²) in [6, 6.07) is 5.45. The summed E-state index contributed by atoms with van der Waals surface area (Å²) in [4.78, 5) is 23.5. The number of carbonyl (C=O) groups excluding carboxylic acids is 2. The Bertz CT molecular complexity index is 519. The number of rotatable bonds is 6. The van der Waals surface area contributed by atoms with E-state index in [0.717, 1.165) is 19.3 Å². The molecule has 0 heterocycles. The van der Waals surface area contributed by atoms with E-state index in [1.54, 1.807) is 0 Å². The van der Waals surface area contributed by atoms with Gasteiger partial charge in [-0.1, -0.05) is 6.42 Å². The lowest BCUT2D eigenvalue weighted by Gasteiger charge is -2.14. The lowest BCUT2D eigenvalue weighted by molar-refractivity contribution is -0.122. The molecule has 5 nitrogen and oxygen atoms in total. The highest BCUT2D eigenvalue weighted by Crippen LogP contribution is 2.26. The van der Waals surface area contributed by atoms with Gasteiger partial charge in [-0.05, 0) is 43.0 Å². The zero-order valence-corrected chi connectivity index (χ0v) is 12.5. The molecule has 0 saturated heterocycles. The van der Waals surface area contributed by atoms with Gasteiger partial charge in [-0.3, -0.25) is 9.59 Å². The molecule has 1 aliphatic rings. The highest BCUT2D eigenvalue weighted by molar-refractivity contribution is 5.94. The summed E-state index contributed by atoms with van der Waals surface area (Å²) in [6.45, 7) is 0.701. The van der Waals surface area contributed by atoms with Crippen LogP contribution in [0.3, 0.4) is 0 Å². The van der Waals surface area contributed by atoms with Crippen LogP contribution >= 0.6 is 0 Å². The third-order valence-electron chi connectivity index (χ3n) is 4.00. The van der Waals surface area contributed by atoms with Crippen molar-refractivity contribution in [3.63, 3.8) is 0 Å². The van der Waals surface area contributed by atoms with Gasteiger partial charge in [-0.2, -0.15) is 0 Å². The Morgan fingerprint density at radius 1 is 1.14 bits per heavy atom. The molecule has 0 bridgehead atoms. The summed E-state index contributed by atoms with van der Waals surface area (Å²) in [7, 11) is 0. The van der Waals surface area contributed by atoms with Crippen LogP contribution in [0.2, 0.25) is 0 Å². The average molecular weight is 307 g/mol. The molecular formula is C16H22FN3O2. The molecule has 1 saturated carbocycles. The molecule has 1 aromatic carbocycles. The van der Waals surface area contributed by atoms with E-state index in [-0.39, 0.29) is 29.6 Å². The summed E-state index contributed by atoms with van der Waals surface area (Å²) >= 11 is 0. The summed E-state index contributed by atoms with van der Waals surface area (Å²) in [5, 5.41) is 5.45. The molecule has 1 aliphatic carbocycles. The van der Waals surface area contributed by atoms with E-state index in [4.69, 9.17) is 5.73 Å². The molecule has 2 amide bonds. The van der Waals surface area contributed by atoms with E-state index in [1.807, 2.05) is 0 Å². The minimum Gasteiger partial charge on any atom is -0.354 e. The average Bonchev–Trinajstić information content (AvgIpc) is 2.89. The number of hydrogen-bond donors (Lipinski definition) is 3. The van der Waals surface area contributed by atoms with E-state index in [2.05, 4.69) is 10.6 Å². The molecule has 22 heavy (non-hydrogen) atoms. The highest BCUT2D eigenvalue weighted by Gasteiger charge is 2.25. The SMILES string of the molecule is N[C@@H]1CCC[C@H]1CC(=O)NCCNC(=O)c1ccc(F)cc1. The van der Waals surface area contributed by atoms with Gasteiger partial charge in [0.2, 0.25) is 5.91 Å². The number of nitrogens with two attached hydrogens (primary N) is 1. The second kappa shape index (κ2) is 7.89. The third-order valence-corrected chi connectivity index (χ3v) is 4.00. The van der Waals surface area contributed by atoms with Gasteiger partial charge in [0.05, 0.1) is 0 Å². The van der Waals surface area contributed by atoms with Gasteiger partial charge in [-0.15, -0.1) is 0 Å². The first-order chi connectivity index (χ1) is 10.6. The van der Waals surface area contributed by atoms with Gasteiger partial charge in [0.25, 0.3) is 5.91 Å². The van der Waals surface area contributed by atoms with Crippen LogP contribution in [0, 0.1) is 11.7 Å². The molecule has 120 valence electrons. The van der Waals surface area contributed by atoms with Crippen LogP contribution in [0.15, 0.2) is 24.3 Å². The first kappa shape index (κ1) is 16.4. The monoisotopic (exact) mass is 307 g/mol. The predicted molar refractivity (Wildman–Crippen MR) is 81.7 cm³/mol. The van der Waals surface area contributed by atoms with Crippen molar-refractivity contribution in [3.8, 4) is 0 Å². The molecule has 4 N–H and O–H groups in total. The standard InChI is InChI=1S/C16H22FN3O2/c17-13-6-4-11(5-7-13)16(22)20-9-8-19-15(21)10-12-2-1-3-14(12)18/h4-7,12,14H,1-3,8-10,18H2,(H,19,21)(H,20,22)/t12-,14+/m0/s1. The number of halogens is 1. The molecule has 1 aromatic rings. The summed E-state index contributed by atoms with van der Waals surface area (Å²) < 4.78 is 12.8. The first-order valence-corrected chi connectivity index (χ1v) is 7.62. The predicted octanol–water partition coefficient (Wildman–Crippen LogP) is 1.19. The van der Waals surface area contributed by atoms with Crippen molar-refractivity contribution in [3.05, 3.63) is 35.6 Å². The molecule has 0 aliphatic heterocycles. The second-order valence-electron chi connectivity index (χ2n) is 5.67. The molecule has 0 radical (unpaired) electrons. The van der Waals surface area contributed by atoms with Gasteiger partial charge in [0.15, 0.2) is 0 Å². The fourth-order valence-electron chi connectivity index (χ4n) is 2.71. The Hall–Kier alpha value is -1.95. The van der Waals surface area contributed by atoms with Crippen molar-refractivity contribution in [1.29, 1.82) is 0 Å².